The van der Waals surface area contributed by atoms with Gasteiger partial charge < -0.3 is 16.0 Å². The predicted molar refractivity (Wildman–Crippen MR) is 113 cm³/mol. The van der Waals surface area contributed by atoms with Gasteiger partial charge in [-0.2, -0.15) is 22.8 Å². The molecule has 3 heterocycles. The largest absolute Gasteiger partial charge is 0.416 e. The number of benzene rings is 1. The maximum absolute atomic E-state index is 13.1. The van der Waals surface area contributed by atoms with Crippen LogP contribution in [-0.4, -0.2) is 56.3 Å². The van der Waals surface area contributed by atoms with E-state index in [1.807, 2.05) is 0 Å². The quantitative estimate of drug-likeness (QED) is 0.623. The van der Waals surface area contributed by atoms with E-state index in [4.69, 9.17) is 5.73 Å². The number of carbonyl (C=O) groups excluding carboxylic acids is 1. The Morgan fingerprint density at radius 1 is 1.28 bits per heavy atom. The lowest BCUT2D eigenvalue weighted by Crippen LogP contribution is -2.42. The van der Waals surface area contributed by atoms with Crippen LogP contribution in [0.5, 0.6) is 0 Å². The summed E-state index contributed by atoms with van der Waals surface area (Å²) in [5.41, 5.74) is 5.76. The molecule has 0 unspecified atom stereocenters. The van der Waals surface area contributed by atoms with Crippen molar-refractivity contribution >= 4 is 17.4 Å². The summed E-state index contributed by atoms with van der Waals surface area (Å²) in [5.74, 6) is -0.543. The molecule has 1 saturated heterocycles. The molecule has 1 aromatic carbocycles. The molecule has 1 atom stereocenters. The predicted octanol–water partition coefficient (Wildman–Crippen LogP) is 3.11. The first-order chi connectivity index (χ1) is 15.2. The van der Waals surface area contributed by atoms with Crippen LogP contribution < -0.4 is 11.1 Å². The van der Waals surface area contributed by atoms with Crippen molar-refractivity contribution < 1.29 is 18.0 Å². The summed E-state index contributed by atoms with van der Waals surface area (Å²) in [7, 11) is 0. The van der Waals surface area contributed by atoms with Gasteiger partial charge in [0.15, 0.2) is 0 Å². The van der Waals surface area contributed by atoms with Gasteiger partial charge in [-0.05, 0) is 51.1 Å². The number of likely N-dealkylation sites (tertiary alicyclic amines) is 1. The molecule has 0 spiro atoms. The first-order valence-electron chi connectivity index (χ1n) is 10.4. The standard InChI is InChI=1S/C21H24F3N7O/c1-3-30-8-4-5-14(11-30)26-20-28-27-18(17-9-12(2)29-31(17)20)15-7-6-13(21(22,23)24)10-16(15)19(25)32/h6-7,9-10,14H,3-5,8,11H2,1-2H3,(H2,25,32)(H,26,28)/t14-/m1/s1. The number of primary amides is 1. The SMILES string of the molecule is CCN1CCC[C@@H](Nc2nnc(-c3ccc(C(F)(F)F)cc3C(N)=O)c3cc(C)nn23)C1. The van der Waals surface area contributed by atoms with Crippen molar-refractivity contribution in [3.63, 3.8) is 0 Å². The summed E-state index contributed by atoms with van der Waals surface area (Å²) in [6.45, 7) is 6.79. The van der Waals surface area contributed by atoms with Crippen LogP contribution in [0.4, 0.5) is 19.1 Å². The van der Waals surface area contributed by atoms with Gasteiger partial charge in [0.1, 0.15) is 5.69 Å². The summed E-state index contributed by atoms with van der Waals surface area (Å²) >= 11 is 0. The lowest BCUT2D eigenvalue weighted by Gasteiger charge is -2.32. The lowest BCUT2D eigenvalue weighted by molar-refractivity contribution is -0.137. The van der Waals surface area contributed by atoms with Gasteiger partial charge in [-0.1, -0.05) is 13.0 Å². The number of aromatic nitrogens is 4. The summed E-state index contributed by atoms with van der Waals surface area (Å²) in [5, 5.41) is 16.4. The average molecular weight is 447 g/mol. The molecule has 3 N–H and O–H groups in total. The number of nitrogens with two attached hydrogens (primary N) is 1. The van der Waals surface area contributed by atoms with Crippen molar-refractivity contribution in [1.82, 2.24) is 24.7 Å². The van der Waals surface area contributed by atoms with Crippen LogP contribution in [0.15, 0.2) is 24.3 Å². The van der Waals surface area contributed by atoms with Crippen molar-refractivity contribution in [3.8, 4) is 11.3 Å². The van der Waals surface area contributed by atoms with Crippen molar-refractivity contribution in [2.45, 2.75) is 38.9 Å². The first kappa shape index (κ1) is 22.0. The molecule has 3 aromatic rings. The van der Waals surface area contributed by atoms with E-state index in [0.717, 1.165) is 44.6 Å². The number of likely N-dealkylation sites (N-methyl/N-ethyl adjacent to an activating group) is 1. The molecule has 11 heteroatoms. The fraction of sp³-hybridized carbons (Fsp3) is 0.429. The number of rotatable bonds is 5. The third-order valence-corrected chi connectivity index (χ3v) is 5.67. The summed E-state index contributed by atoms with van der Waals surface area (Å²) in [4.78, 5) is 14.3. The molecule has 0 saturated carbocycles. The number of alkyl halides is 3. The Bertz CT molecular complexity index is 1160. The number of piperidine rings is 1. The highest BCUT2D eigenvalue weighted by Gasteiger charge is 2.32. The summed E-state index contributed by atoms with van der Waals surface area (Å²) in [6.07, 6.45) is -2.56. The monoisotopic (exact) mass is 447 g/mol. The van der Waals surface area contributed by atoms with Crippen LogP contribution in [-0.2, 0) is 6.18 Å². The summed E-state index contributed by atoms with van der Waals surface area (Å²) < 4.78 is 41.0. The maximum atomic E-state index is 13.1. The molecular weight excluding hydrogens is 423 g/mol. The second kappa shape index (κ2) is 8.38. The van der Waals surface area contributed by atoms with E-state index < -0.39 is 17.6 Å². The van der Waals surface area contributed by atoms with Crippen LogP contribution in [0, 0.1) is 6.92 Å². The van der Waals surface area contributed by atoms with E-state index in [9.17, 15) is 18.0 Å². The Morgan fingerprint density at radius 2 is 2.06 bits per heavy atom. The molecule has 0 radical (unpaired) electrons. The molecule has 1 aliphatic heterocycles. The number of hydrogen-bond acceptors (Lipinski definition) is 6. The van der Waals surface area contributed by atoms with Gasteiger partial charge in [-0.25, -0.2) is 0 Å². The maximum Gasteiger partial charge on any atom is 0.416 e. The topological polar surface area (TPSA) is 101 Å². The smallest absolute Gasteiger partial charge is 0.366 e. The van der Waals surface area contributed by atoms with E-state index in [-0.39, 0.29) is 22.9 Å². The number of nitrogens with one attached hydrogen (secondary N) is 1. The number of fused-ring (bicyclic) bond motifs is 1. The fourth-order valence-corrected chi connectivity index (χ4v) is 4.08. The van der Waals surface area contributed by atoms with E-state index in [1.54, 1.807) is 17.5 Å². The van der Waals surface area contributed by atoms with Crippen LogP contribution in [0.2, 0.25) is 0 Å². The number of aryl methyl sites for hydroxylation is 1. The highest BCUT2D eigenvalue weighted by atomic mass is 19.4. The number of nitrogens with zero attached hydrogens (tertiary/aromatic N) is 5. The number of carbonyl (C=O) groups is 1. The van der Waals surface area contributed by atoms with Crippen LogP contribution in [0.3, 0.4) is 0 Å². The molecule has 170 valence electrons. The van der Waals surface area contributed by atoms with Gasteiger partial charge in [0.2, 0.25) is 11.9 Å². The molecule has 0 bridgehead atoms. The molecular formula is C21H24F3N7O. The van der Waals surface area contributed by atoms with Gasteiger partial charge in [-0.3, -0.25) is 4.79 Å². The van der Waals surface area contributed by atoms with Gasteiger partial charge in [0.05, 0.1) is 16.8 Å². The normalized spacial score (nSPS) is 17.6. The minimum absolute atomic E-state index is 0.170. The van der Waals surface area contributed by atoms with Crippen LogP contribution in [0.1, 0.15) is 41.4 Å². The molecule has 32 heavy (non-hydrogen) atoms. The van der Waals surface area contributed by atoms with Gasteiger partial charge >= 0.3 is 6.18 Å². The van der Waals surface area contributed by atoms with Gasteiger partial charge in [0.25, 0.3) is 0 Å². The third kappa shape index (κ3) is 4.24. The zero-order valence-corrected chi connectivity index (χ0v) is 17.8. The Morgan fingerprint density at radius 3 is 2.75 bits per heavy atom. The van der Waals surface area contributed by atoms with Gasteiger partial charge in [0, 0.05) is 23.7 Å². The van der Waals surface area contributed by atoms with Crippen molar-refractivity contribution in [2.75, 3.05) is 25.0 Å². The highest BCUT2D eigenvalue weighted by Crippen LogP contribution is 2.34. The molecule has 1 fully saturated rings. The van der Waals surface area contributed by atoms with Crippen LogP contribution >= 0.6 is 0 Å². The van der Waals surface area contributed by atoms with E-state index in [0.29, 0.717) is 17.2 Å². The second-order valence-corrected chi connectivity index (χ2v) is 7.95. The minimum Gasteiger partial charge on any atom is -0.366 e. The molecule has 4 rings (SSSR count). The van der Waals surface area contributed by atoms with E-state index in [1.165, 1.54) is 6.07 Å². The molecule has 2 aromatic heterocycles. The molecule has 1 aliphatic rings. The number of anilines is 1. The Labute approximate surface area is 182 Å². The summed E-state index contributed by atoms with van der Waals surface area (Å²) in [6, 6.07) is 4.76. The zero-order valence-electron chi connectivity index (χ0n) is 17.8. The minimum atomic E-state index is -4.60. The van der Waals surface area contributed by atoms with Crippen molar-refractivity contribution in [2.24, 2.45) is 5.73 Å². The molecule has 8 nitrogen and oxygen atoms in total. The number of hydrogen-bond donors (Lipinski definition) is 2. The zero-order chi connectivity index (χ0) is 23.0. The van der Waals surface area contributed by atoms with Gasteiger partial charge in [-0.15, -0.1) is 10.2 Å². The fourth-order valence-electron chi connectivity index (χ4n) is 4.08. The highest BCUT2D eigenvalue weighted by molar-refractivity contribution is 6.01. The number of halogens is 3. The van der Waals surface area contributed by atoms with E-state index in [2.05, 4.69) is 32.4 Å². The van der Waals surface area contributed by atoms with Crippen molar-refractivity contribution in [3.05, 3.63) is 41.1 Å². The first-order valence-corrected chi connectivity index (χ1v) is 10.4. The van der Waals surface area contributed by atoms with E-state index >= 15 is 0 Å². The van der Waals surface area contributed by atoms with Crippen LogP contribution in [0.25, 0.3) is 16.8 Å². The lowest BCUT2D eigenvalue weighted by atomic mass is 10.00. The number of amides is 1. The Kier molecular flexibility index (Phi) is 5.76. The Balaban J connectivity index is 1.77. The third-order valence-electron chi connectivity index (χ3n) is 5.67. The Hall–Kier alpha value is -3.21. The molecule has 0 aliphatic carbocycles. The molecule has 1 amide bonds. The average Bonchev–Trinajstić information content (AvgIpc) is 3.15. The van der Waals surface area contributed by atoms with Crippen molar-refractivity contribution in [1.29, 1.82) is 0 Å². The second-order valence-electron chi connectivity index (χ2n) is 7.95.